The minimum absolute atomic E-state index is 0.0451. The second kappa shape index (κ2) is 27.9. The number of carbonyl (C=O) groups is 5. The summed E-state index contributed by atoms with van der Waals surface area (Å²) in [5.74, 6) is 2.79. The van der Waals surface area contributed by atoms with E-state index in [1.54, 1.807) is 13.8 Å². The number of anilines is 4. The molecule has 11 rings (SSSR count). The molecule has 41 heteroatoms. The molecule has 12 atom stereocenters. The van der Waals surface area contributed by atoms with E-state index in [2.05, 4.69) is 70.5 Å². The normalized spacial score (nSPS) is 23.8. The van der Waals surface area contributed by atoms with E-state index in [1.165, 1.54) is 73.9 Å². The molecule has 8 aromatic rings. The molecule has 3 fully saturated rings. The second-order valence-electron chi connectivity index (χ2n) is 18.7. The van der Waals surface area contributed by atoms with Crippen molar-refractivity contribution in [3.05, 3.63) is 54.9 Å². The van der Waals surface area contributed by atoms with Crippen molar-refractivity contribution in [1.29, 1.82) is 0 Å². The summed E-state index contributed by atoms with van der Waals surface area (Å²) in [5, 5.41) is 98.6. The van der Waals surface area contributed by atoms with Gasteiger partial charge in [0, 0.05) is 19.4 Å². The van der Waals surface area contributed by atoms with E-state index in [4.69, 9.17) is 47.1 Å². The van der Waals surface area contributed by atoms with Crippen molar-refractivity contribution in [2.24, 2.45) is 11.8 Å². The van der Waals surface area contributed by atoms with Crippen molar-refractivity contribution in [3.8, 4) is 11.9 Å². The first-order valence-electron chi connectivity index (χ1n) is 26.1. The number of aldehydes is 2. The standard InChI is InChI=1S/C16H19N7O6.C15H18N8O5.C10H15N7O4.C6H8O4/c1-2-28-15(27)7-3-19-23(4-7)16-20-12(17)9-13(21-16)22(6-18-9)14-11(26)10(25)8(5-24)29-14;1-17-13(27)6-2-19-23(3-6)15-20-11(16)8-12(21-15)22(5-18-8)14-10(26)9(25)7(4-24)28-14;11-7-4-8(15-10(14-7)16-12)17(2-13-4)9-6(20)5(19)3(1-18)21-9;1-2-10-6(9)5(3-7)4-8/h3-4,6,8,10-11,14,24-26H,2,5H2,1H3,(H2,17,20,21);2-3,5,7,9-10,14,24-26H,4H2,1H3,(H,17,27)(H2,16,20,21);2-3,5-6,9,18-20H,1,12H2,(H3,11,14,15,16);3-5H,2H2,1H3/t8-,10?,11-,14?;7-,9?,10-,14?;3-,5?,6-,9?;/m111./s1. The summed E-state index contributed by atoms with van der Waals surface area (Å²) in [6, 6.07) is 0. The summed E-state index contributed by atoms with van der Waals surface area (Å²) in [7, 11) is 1.50. The SMILES string of the molecule is CCOC(=O)C(C=O)C=O.CCOC(=O)c1cnn(-c2nc(N)c3ncn(C4O[C@H](CO)C(O)[C@H]4O)c3n2)c1.CNC(=O)c1cnn(-c2nc(N)c3ncn(C4O[C@H](CO)C(O)[C@H]4O)c3n2)c1.NNc1nc(N)c2ncn(C3O[C@H](CO)C(O)[C@H]3O)c2n1. The Hall–Kier alpha value is -9.50. The lowest BCUT2D eigenvalue weighted by Crippen LogP contribution is -2.33. The van der Waals surface area contributed by atoms with Crippen LogP contribution in [0.4, 0.5) is 23.4 Å². The zero-order chi connectivity index (χ0) is 63.8. The molecular weight excluding hydrogens is 1180 g/mol. The fourth-order valence-corrected chi connectivity index (χ4v) is 8.78. The number of nitrogens with one attached hydrogen (secondary N) is 2. The van der Waals surface area contributed by atoms with Crippen molar-refractivity contribution in [2.45, 2.75) is 87.5 Å². The van der Waals surface area contributed by atoms with Crippen molar-refractivity contribution in [1.82, 2.24) is 83.4 Å². The number of amides is 1. The number of ether oxygens (including phenoxy) is 5. The van der Waals surface area contributed by atoms with E-state index in [0.29, 0.717) is 11.1 Å². The Morgan fingerprint density at radius 3 is 1.34 bits per heavy atom. The Kier molecular flexibility index (Phi) is 20.4. The van der Waals surface area contributed by atoms with E-state index >= 15 is 0 Å². The Bertz CT molecular complexity index is 3760. The van der Waals surface area contributed by atoms with Crippen LogP contribution in [0.1, 0.15) is 53.2 Å². The molecule has 8 aromatic heterocycles. The van der Waals surface area contributed by atoms with Crippen LogP contribution in [0.2, 0.25) is 0 Å². The Labute approximate surface area is 492 Å². The minimum Gasteiger partial charge on any atom is -0.465 e. The molecule has 0 radical (unpaired) electrons. The Morgan fingerprint density at radius 1 is 0.591 bits per heavy atom. The number of imidazole rings is 3. The number of hydrazine groups is 1. The van der Waals surface area contributed by atoms with Gasteiger partial charge in [-0.05, 0) is 13.8 Å². The number of hydrogen-bond acceptors (Lipinski definition) is 35. The maximum atomic E-state index is 11.8. The molecule has 3 saturated heterocycles. The highest BCUT2D eigenvalue weighted by molar-refractivity contribution is 6.02. The van der Waals surface area contributed by atoms with Gasteiger partial charge in [-0.1, -0.05) is 0 Å². The smallest absolute Gasteiger partial charge is 0.341 e. The predicted octanol–water partition coefficient (Wildman–Crippen LogP) is -7.18. The summed E-state index contributed by atoms with van der Waals surface area (Å²) in [6.45, 7) is 2.35. The monoisotopic (exact) mass is 1240 g/mol. The predicted molar refractivity (Wildman–Crippen MR) is 292 cm³/mol. The van der Waals surface area contributed by atoms with Gasteiger partial charge in [0.1, 0.15) is 84.1 Å². The van der Waals surface area contributed by atoms with Gasteiger partial charge < -0.3 is 102 Å². The molecule has 0 bridgehead atoms. The number of nitrogens with zero attached hydrogens (tertiary/aromatic N) is 16. The van der Waals surface area contributed by atoms with Crippen molar-refractivity contribution >= 4 is 87.3 Å². The van der Waals surface area contributed by atoms with Gasteiger partial charge in [-0.15, -0.1) is 0 Å². The molecule has 11 heterocycles. The molecule has 3 aliphatic rings. The summed E-state index contributed by atoms with van der Waals surface area (Å²) in [5.41, 5.74) is 22.1. The van der Waals surface area contributed by atoms with Gasteiger partial charge in [0.15, 0.2) is 59.0 Å². The van der Waals surface area contributed by atoms with Crippen molar-refractivity contribution < 1.29 is 93.6 Å². The summed E-state index contributed by atoms with van der Waals surface area (Å²) >= 11 is 0. The van der Waals surface area contributed by atoms with Crippen LogP contribution in [-0.4, -0.2) is 250 Å². The van der Waals surface area contributed by atoms with E-state index < -0.39 is 111 Å². The molecule has 0 spiro atoms. The zero-order valence-corrected chi connectivity index (χ0v) is 46.3. The van der Waals surface area contributed by atoms with Crippen LogP contribution in [0, 0.1) is 5.92 Å². The van der Waals surface area contributed by atoms with Crippen LogP contribution >= 0.6 is 0 Å². The van der Waals surface area contributed by atoms with Gasteiger partial charge in [-0.25, -0.2) is 35.0 Å². The van der Waals surface area contributed by atoms with E-state index in [0.717, 1.165) is 0 Å². The number of aliphatic hydroxyl groups excluding tert-OH is 9. The van der Waals surface area contributed by atoms with Crippen molar-refractivity contribution in [3.63, 3.8) is 0 Å². The first-order chi connectivity index (χ1) is 42.2. The maximum Gasteiger partial charge on any atom is 0.341 e. The number of esters is 2. The fourth-order valence-electron chi connectivity index (χ4n) is 8.78. The fraction of sp³-hybridized carbons (Fsp3) is 0.447. The molecule has 1 amide bonds. The molecule has 6 unspecified atom stereocenters. The summed E-state index contributed by atoms with van der Waals surface area (Å²) in [6.07, 6.45) is -3.41. The van der Waals surface area contributed by atoms with E-state index in [-0.39, 0.29) is 101 Å². The van der Waals surface area contributed by atoms with Gasteiger partial charge in [0.2, 0.25) is 5.95 Å². The maximum absolute atomic E-state index is 11.8. The van der Waals surface area contributed by atoms with Crippen LogP contribution in [0.5, 0.6) is 0 Å². The third-order valence-electron chi connectivity index (χ3n) is 13.3. The van der Waals surface area contributed by atoms with Gasteiger partial charge in [0.05, 0.1) is 75.5 Å². The largest absolute Gasteiger partial charge is 0.465 e. The highest BCUT2D eigenvalue weighted by Gasteiger charge is 2.46. The molecule has 0 aliphatic carbocycles. The molecule has 88 heavy (non-hydrogen) atoms. The van der Waals surface area contributed by atoms with Gasteiger partial charge in [-0.3, -0.25) is 28.7 Å². The third kappa shape index (κ3) is 13.0. The number of hydrogen-bond donors (Lipinski definition) is 15. The number of aliphatic hydroxyl groups is 9. The van der Waals surface area contributed by atoms with Crippen LogP contribution in [0.15, 0.2) is 43.8 Å². The average molecular weight is 1240 g/mol. The first-order valence-corrected chi connectivity index (χ1v) is 26.1. The highest BCUT2D eigenvalue weighted by atomic mass is 16.6. The Morgan fingerprint density at radius 2 is 0.977 bits per heavy atom. The van der Waals surface area contributed by atoms with E-state index in [1.807, 2.05) is 0 Å². The van der Waals surface area contributed by atoms with E-state index in [9.17, 15) is 64.8 Å². The Balaban J connectivity index is 0.000000160. The van der Waals surface area contributed by atoms with Gasteiger partial charge in [-0.2, -0.15) is 40.1 Å². The highest BCUT2D eigenvalue weighted by Crippen LogP contribution is 2.35. The molecule has 0 saturated carbocycles. The average Bonchev–Trinajstić information content (AvgIpc) is 3.22. The number of aromatic nitrogens is 16. The van der Waals surface area contributed by atoms with Crippen LogP contribution < -0.4 is 33.8 Å². The molecule has 472 valence electrons. The van der Waals surface area contributed by atoms with Crippen LogP contribution in [0.3, 0.4) is 0 Å². The lowest BCUT2D eigenvalue weighted by Gasteiger charge is -2.16. The number of nitrogens with two attached hydrogens (primary N) is 4. The number of rotatable bonds is 16. The van der Waals surface area contributed by atoms with Crippen LogP contribution in [0.25, 0.3) is 45.4 Å². The molecule has 3 aliphatic heterocycles. The van der Waals surface area contributed by atoms with Crippen molar-refractivity contribution in [2.75, 3.05) is 62.7 Å². The quantitative estimate of drug-likeness (QED) is 0.0140. The molecular formula is C47H60N22O19. The number of nitrogen functional groups attached to an aromatic ring is 4. The summed E-state index contributed by atoms with van der Waals surface area (Å²) < 4.78 is 32.5. The second-order valence-corrected chi connectivity index (χ2v) is 18.7. The zero-order valence-electron chi connectivity index (χ0n) is 46.3. The topological polar surface area (TPSA) is 608 Å². The lowest BCUT2D eigenvalue weighted by atomic mass is 10.1. The molecule has 41 nitrogen and oxygen atoms in total. The third-order valence-corrected chi connectivity index (χ3v) is 13.3. The first kappa shape index (κ1) is 64.5. The number of carbonyl (C=O) groups excluding carboxylic acids is 5. The molecule has 0 aromatic carbocycles. The van der Waals surface area contributed by atoms with Crippen LogP contribution in [-0.2, 0) is 38.1 Å². The lowest BCUT2D eigenvalue weighted by molar-refractivity contribution is -0.150. The van der Waals surface area contributed by atoms with Gasteiger partial charge >= 0.3 is 11.9 Å². The summed E-state index contributed by atoms with van der Waals surface area (Å²) in [4.78, 5) is 91.3. The minimum atomic E-state index is -1.32. The van der Waals surface area contributed by atoms with Gasteiger partial charge in [0.25, 0.3) is 17.8 Å². The molecule has 19 N–H and O–H groups in total. The number of fused-ring (bicyclic) bond motifs is 3.